The Bertz CT molecular complexity index is 1490. The molecule has 10 N–H and O–H groups in total. The molecule has 16 heteroatoms. The van der Waals surface area contributed by atoms with Crippen LogP contribution in [0.15, 0.2) is 45.8 Å². The van der Waals surface area contributed by atoms with E-state index in [1.54, 1.807) is 0 Å². The highest BCUT2D eigenvalue weighted by molar-refractivity contribution is 5.93. The van der Waals surface area contributed by atoms with E-state index in [-0.39, 0.29) is 16.9 Å². The van der Waals surface area contributed by atoms with Crippen molar-refractivity contribution in [2.45, 2.75) is 61.4 Å². The third kappa shape index (κ3) is 5.61. The number of aliphatic hydroxyl groups excluding tert-OH is 8. The van der Waals surface area contributed by atoms with E-state index in [0.29, 0.717) is 0 Å². The van der Waals surface area contributed by atoms with Gasteiger partial charge in [-0.05, 0) is 17.7 Å². The van der Waals surface area contributed by atoms with Crippen LogP contribution >= 0.6 is 0 Å². The molecule has 43 heavy (non-hydrogen) atoms. The smallest absolute Gasteiger partial charge is 0.229 e. The monoisotopic (exact) mass is 610 g/mol. The minimum atomic E-state index is -1.84. The maximum atomic E-state index is 13.4. The largest absolute Gasteiger partial charge is 0.507 e. The number of phenols is 2. The minimum absolute atomic E-state index is 0.0494. The van der Waals surface area contributed by atoms with E-state index in [1.165, 1.54) is 24.3 Å². The van der Waals surface area contributed by atoms with Crippen molar-refractivity contribution in [3.8, 4) is 34.1 Å². The molecule has 5 rings (SSSR count). The molecule has 0 spiro atoms. The van der Waals surface area contributed by atoms with Crippen LogP contribution in [0.2, 0.25) is 0 Å². The van der Waals surface area contributed by atoms with E-state index in [2.05, 4.69) is 0 Å². The number of rotatable bonds is 7. The number of fused-ring (bicyclic) bond motifs is 1. The van der Waals surface area contributed by atoms with E-state index in [9.17, 15) is 55.9 Å². The molecule has 0 aliphatic carbocycles. The number of aromatic hydroxyl groups is 2. The van der Waals surface area contributed by atoms with Crippen molar-refractivity contribution < 1.29 is 74.4 Å². The van der Waals surface area contributed by atoms with Gasteiger partial charge in [0.25, 0.3) is 0 Å². The van der Waals surface area contributed by atoms with Crippen LogP contribution in [0.1, 0.15) is 0 Å². The van der Waals surface area contributed by atoms with Crippen molar-refractivity contribution in [2.75, 3.05) is 13.2 Å². The van der Waals surface area contributed by atoms with Gasteiger partial charge in [-0.1, -0.05) is 12.1 Å². The first-order chi connectivity index (χ1) is 20.5. The molecule has 10 atom stereocenters. The van der Waals surface area contributed by atoms with Crippen LogP contribution in [-0.2, 0) is 9.47 Å². The fraction of sp³-hybridized carbons (Fsp3) is 0.444. The van der Waals surface area contributed by atoms with Crippen LogP contribution in [0.25, 0.3) is 22.1 Å². The van der Waals surface area contributed by atoms with Crippen LogP contribution in [0.5, 0.6) is 23.0 Å². The maximum absolute atomic E-state index is 13.4. The summed E-state index contributed by atoms with van der Waals surface area (Å²) in [6.07, 6.45) is -14.8. The molecule has 2 aliphatic rings. The quantitative estimate of drug-likeness (QED) is 0.130. The second-order valence-corrected chi connectivity index (χ2v) is 10.1. The van der Waals surface area contributed by atoms with Crippen molar-refractivity contribution in [3.05, 3.63) is 46.8 Å². The van der Waals surface area contributed by atoms with Gasteiger partial charge < -0.3 is 74.4 Å². The zero-order valence-electron chi connectivity index (χ0n) is 22.1. The third-order valence-electron chi connectivity index (χ3n) is 7.31. The zero-order valence-corrected chi connectivity index (χ0v) is 22.1. The lowest BCUT2D eigenvalue weighted by Crippen LogP contribution is -2.60. The van der Waals surface area contributed by atoms with Crippen molar-refractivity contribution in [2.24, 2.45) is 0 Å². The molecule has 3 aromatic rings. The first-order valence-corrected chi connectivity index (χ1v) is 13.0. The molecule has 3 heterocycles. The highest BCUT2D eigenvalue weighted by atomic mass is 16.7. The summed E-state index contributed by atoms with van der Waals surface area (Å²) in [6, 6.07) is 6.44. The third-order valence-corrected chi connectivity index (χ3v) is 7.31. The van der Waals surface area contributed by atoms with E-state index in [0.717, 1.165) is 12.3 Å². The Labute approximate surface area is 241 Å². The van der Waals surface area contributed by atoms with Gasteiger partial charge in [0.15, 0.2) is 11.3 Å². The Morgan fingerprint density at radius 1 is 0.698 bits per heavy atom. The summed E-state index contributed by atoms with van der Waals surface area (Å²) in [7, 11) is 0. The fourth-order valence-corrected chi connectivity index (χ4v) is 4.86. The van der Waals surface area contributed by atoms with Gasteiger partial charge in [-0.25, -0.2) is 0 Å². The molecule has 0 bridgehead atoms. The maximum Gasteiger partial charge on any atom is 0.229 e. The van der Waals surface area contributed by atoms with Crippen molar-refractivity contribution in [3.63, 3.8) is 0 Å². The molecular formula is C27H30O16. The van der Waals surface area contributed by atoms with Crippen LogP contribution in [-0.4, -0.2) is 126 Å². The van der Waals surface area contributed by atoms with Crippen molar-refractivity contribution in [1.82, 2.24) is 0 Å². The Morgan fingerprint density at radius 2 is 1.23 bits per heavy atom. The second kappa shape index (κ2) is 12.2. The molecule has 234 valence electrons. The standard InChI is InChI=1S/C27H30O16/c28-6-14-18(33)20(35)22(37)26(41-14)40-10-3-1-9(2-4-10)11-8-39-25-16(17(11)32)12(30)5-13(31)24(25)43-27-23(38)21(36)19(34)15(7-29)42-27/h1-5,8,14-15,18-23,26-31,33-38H,6-7H2/t14-,15-,18-,19-,20+,21+,22-,23-,26?,27?/m1/s1. The van der Waals surface area contributed by atoms with Crippen LogP contribution < -0.4 is 14.9 Å². The normalized spacial score (nSPS) is 32.9. The first-order valence-electron chi connectivity index (χ1n) is 13.0. The number of phenolic OH excluding ortho intramolecular Hbond substituents is 2. The highest BCUT2D eigenvalue weighted by Crippen LogP contribution is 2.41. The number of hydrogen-bond acceptors (Lipinski definition) is 16. The van der Waals surface area contributed by atoms with E-state index >= 15 is 0 Å². The first kappa shape index (κ1) is 30.9. The van der Waals surface area contributed by atoms with Gasteiger partial charge in [0, 0.05) is 6.07 Å². The van der Waals surface area contributed by atoms with Crippen LogP contribution in [0.4, 0.5) is 0 Å². The lowest BCUT2D eigenvalue weighted by Gasteiger charge is -2.39. The molecule has 2 unspecified atom stereocenters. The van der Waals surface area contributed by atoms with Gasteiger partial charge in [0.1, 0.15) is 72.0 Å². The number of hydrogen-bond donors (Lipinski definition) is 10. The van der Waals surface area contributed by atoms with Gasteiger partial charge in [-0.2, -0.15) is 0 Å². The number of ether oxygens (including phenoxy) is 4. The van der Waals surface area contributed by atoms with Gasteiger partial charge in [-0.15, -0.1) is 0 Å². The summed E-state index contributed by atoms with van der Waals surface area (Å²) in [4.78, 5) is 13.4. The predicted octanol–water partition coefficient (Wildman–Crippen LogP) is -2.77. The fourth-order valence-electron chi connectivity index (χ4n) is 4.86. The van der Waals surface area contributed by atoms with Crippen molar-refractivity contribution in [1.29, 1.82) is 0 Å². The molecule has 2 fully saturated rings. The Kier molecular flexibility index (Phi) is 8.77. The summed E-state index contributed by atoms with van der Waals surface area (Å²) in [5.74, 6) is -1.80. The summed E-state index contributed by atoms with van der Waals surface area (Å²) < 4.78 is 27.2. The summed E-state index contributed by atoms with van der Waals surface area (Å²) >= 11 is 0. The molecule has 2 aliphatic heterocycles. The molecule has 2 saturated heterocycles. The van der Waals surface area contributed by atoms with Crippen LogP contribution in [0, 0.1) is 0 Å². The Hall–Kier alpha value is -3.55. The molecule has 0 radical (unpaired) electrons. The van der Waals surface area contributed by atoms with Gasteiger partial charge in [0.2, 0.25) is 23.8 Å². The van der Waals surface area contributed by atoms with Gasteiger partial charge >= 0.3 is 0 Å². The molecule has 1 aromatic heterocycles. The van der Waals surface area contributed by atoms with Crippen LogP contribution in [0.3, 0.4) is 0 Å². The summed E-state index contributed by atoms with van der Waals surface area (Å²) in [5.41, 5.74) is -0.974. The Morgan fingerprint density at radius 3 is 1.77 bits per heavy atom. The SMILES string of the molecule is O=c1c(-c2ccc(OC3O[C@H](CO)[C@@H](O)[C@H](O)[C@H]3O)cc2)coc2c(OC3O[C@H](CO)[C@@H](O)[C@H](O)[C@H]3O)c(O)cc(O)c12. The molecular weight excluding hydrogens is 580 g/mol. The number of aliphatic hydroxyl groups is 8. The summed E-state index contributed by atoms with van der Waals surface area (Å²) in [6.45, 7) is -1.38. The average Bonchev–Trinajstić information content (AvgIpc) is 2.99. The average molecular weight is 611 g/mol. The minimum Gasteiger partial charge on any atom is -0.507 e. The molecule has 0 amide bonds. The molecule has 16 nitrogen and oxygen atoms in total. The van der Waals surface area contributed by atoms with Gasteiger partial charge in [-0.3, -0.25) is 4.79 Å². The molecule has 0 saturated carbocycles. The lowest BCUT2D eigenvalue weighted by molar-refractivity contribution is -0.277. The van der Waals surface area contributed by atoms with E-state index in [4.69, 9.17) is 23.4 Å². The van der Waals surface area contributed by atoms with Gasteiger partial charge in [0.05, 0.1) is 18.8 Å². The Balaban J connectivity index is 1.42. The molecule has 2 aromatic carbocycles. The predicted molar refractivity (Wildman–Crippen MR) is 140 cm³/mol. The zero-order chi connectivity index (χ0) is 31.2. The topological polar surface area (TPSA) is 269 Å². The highest BCUT2D eigenvalue weighted by Gasteiger charge is 2.46. The second-order valence-electron chi connectivity index (χ2n) is 10.1. The lowest BCUT2D eigenvalue weighted by atomic mass is 9.99. The van der Waals surface area contributed by atoms with E-state index < -0.39 is 108 Å². The summed E-state index contributed by atoms with van der Waals surface area (Å²) in [5, 5.41) is 99.7. The number of benzene rings is 2. The van der Waals surface area contributed by atoms with Crippen molar-refractivity contribution >= 4 is 11.0 Å². The van der Waals surface area contributed by atoms with E-state index in [1.807, 2.05) is 0 Å².